The van der Waals surface area contributed by atoms with Crippen molar-refractivity contribution < 1.29 is 14.3 Å². The van der Waals surface area contributed by atoms with Crippen molar-refractivity contribution in [3.05, 3.63) is 11.4 Å². The number of carbonyl (C=O) groups excluding carboxylic acids is 2. The lowest BCUT2D eigenvalue weighted by atomic mass is 10.2. The molecule has 0 spiro atoms. The van der Waals surface area contributed by atoms with Gasteiger partial charge < -0.3 is 21.1 Å². The predicted molar refractivity (Wildman–Crippen MR) is 62.6 cm³/mol. The van der Waals surface area contributed by atoms with Crippen LogP contribution in [0.4, 0.5) is 5.69 Å². The molecule has 2 rings (SSSR count). The summed E-state index contributed by atoms with van der Waals surface area (Å²) < 4.78 is 5.14. The molecule has 18 heavy (non-hydrogen) atoms. The van der Waals surface area contributed by atoms with E-state index in [1.54, 1.807) is 6.92 Å². The third-order valence-corrected chi connectivity index (χ3v) is 2.91. The van der Waals surface area contributed by atoms with Gasteiger partial charge in [0.2, 0.25) is 5.91 Å². The number of aromatic nitrogens is 2. The molecule has 1 aliphatic rings. The topological polar surface area (TPSA) is 127 Å². The van der Waals surface area contributed by atoms with Crippen molar-refractivity contribution in [3.8, 4) is 0 Å². The first-order chi connectivity index (χ1) is 8.52. The molecule has 0 aromatic carbocycles. The van der Waals surface area contributed by atoms with E-state index in [2.05, 4.69) is 10.2 Å². The van der Waals surface area contributed by atoms with E-state index in [9.17, 15) is 9.59 Å². The number of H-pyrrole nitrogens is 1. The molecule has 1 unspecified atom stereocenters. The molecule has 1 saturated heterocycles. The number of amides is 2. The number of nitrogen functional groups attached to an aromatic ring is 1. The second-order valence-corrected chi connectivity index (χ2v) is 4.10. The van der Waals surface area contributed by atoms with Crippen molar-refractivity contribution in [2.45, 2.75) is 13.0 Å². The number of morpholine rings is 1. The van der Waals surface area contributed by atoms with Gasteiger partial charge in [-0.1, -0.05) is 0 Å². The zero-order valence-electron chi connectivity index (χ0n) is 9.97. The maximum absolute atomic E-state index is 12.2. The van der Waals surface area contributed by atoms with Gasteiger partial charge in [-0.2, -0.15) is 5.10 Å². The van der Waals surface area contributed by atoms with Gasteiger partial charge in [-0.15, -0.1) is 0 Å². The van der Waals surface area contributed by atoms with Gasteiger partial charge in [-0.3, -0.25) is 14.7 Å². The Labute approximate surface area is 103 Å². The largest absolute Gasteiger partial charge is 0.395 e. The number of rotatable bonds is 2. The average molecular weight is 253 g/mol. The lowest BCUT2D eigenvalue weighted by Crippen LogP contribution is -2.54. The van der Waals surface area contributed by atoms with E-state index in [0.717, 1.165) is 0 Å². The van der Waals surface area contributed by atoms with Crippen LogP contribution in [0, 0.1) is 6.92 Å². The van der Waals surface area contributed by atoms with Crippen LogP contribution in [-0.4, -0.2) is 52.7 Å². The minimum Gasteiger partial charge on any atom is -0.395 e. The van der Waals surface area contributed by atoms with Gasteiger partial charge in [0.15, 0.2) is 5.69 Å². The van der Waals surface area contributed by atoms with E-state index >= 15 is 0 Å². The number of hydrogen-bond donors (Lipinski definition) is 3. The first-order valence-electron chi connectivity index (χ1n) is 5.51. The van der Waals surface area contributed by atoms with Gasteiger partial charge in [0.25, 0.3) is 5.91 Å². The summed E-state index contributed by atoms with van der Waals surface area (Å²) in [4.78, 5) is 24.9. The molecule has 2 heterocycles. The van der Waals surface area contributed by atoms with Gasteiger partial charge in [0.05, 0.1) is 24.6 Å². The molecule has 1 aromatic rings. The summed E-state index contributed by atoms with van der Waals surface area (Å²) in [6, 6.07) is -0.775. The summed E-state index contributed by atoms with van der Waals surface area (Å²) in [6.07, 6.45) is 0. The summed E-state index contributed by atoms with van der Waals surface area (Å²) in [6.45, 7) is 2.46. The molecule has 1 aliphatic heterocycles. The number of aryl methyl sites for hydroxylation is 1. The van der Waals surface area contributed by atoms with Crippen LogP contribution in [0.5, 0.6) is 0 Å². The highest BCUT2D eigenvalue weighted by Crippen LogP contribution is 2.17. The van der Waals surface area contributed by atoms with Crippen LogP contribution >= 0.6 is 0 Å². The first-order valence-corrected chi connectivity index (χ1v) is 5.51. The predicted octanol–water partition coefficient (Wildman–Crippen LogP) is -1.37. The fraction of sp³-hybridized carbons (Fsp3) is 0.500. The minimum absolute atomic E-state index is 0.102. The van der Waals surface area contributed by atoms with E-state index in [-0.39, 0.29) is 24.5 Å². The molecule has 0 bridgehead atoms. The molecule has 8 nitrogen and oxygen atoms in total. The van der Waals surface area contributed by atoms with E-state index in [4.69, 9.17) is 16.2 Å². The van der Waals surface area contributed by atoms with Crippen molar-refractivity contribution >= 4 is 17.5 Å². The number of ether oxygens (including phenoxy) is 1. The number of primary amides is 1. The number of nitrogens with one attached hydrogen (secondary N) is 1. The van der Waals surface area contributed by atoms with Gasteiger partial charge >= 0.3 is 0 Å². The Kier molecular flexibility index (Phi) is 3.19. The lowest BCUT2D eigenvalue weighted by molar-refractivity contribution is -0.127. The molecule has 1 aromatic heterocycles. The van der Waals surface area contributed by atoms with E-state index < -0.39 is 17.9 Å². The Bertz CT molecular complexity index is 484. The number of hydrogen-bond acceptors (Lipinski definition) is 5. The van der Waals surface area contributed by atoms with Gasteiger partial charge in [-0.05, 0) is 6.92 Å². The van der Waals surface area contributed by atoms with Crippen molar-refractivity contribution in [1.29, 1.82) is 0 Å². The zero-order valence-corrected chi connectivity index (χ0v) is 9.97. The monoisotopic (exact) mass is 253 g/mol. The average Bonchev–Trinajstić information content (AvgIpc) is 2.69. The molecule has 5 N–H and O–H groups in total. The van der Waals surface area contributed by atoms with Crippen LogP contribution in [0.1, 0.15) is 16.2 Å². The highest BCUT2D eigenvalue weighted by Gasteiger charge is 2.33. The summed E-state index contributed by atoms with van der Waals surface area (Å²) in [7, 11) is 0. The molecular weight excluding hydrogens is 238 g/mol. The first kappa shape index (κ1) is 12.4. The standard InChI is InChI=1S/C10H15N5O3/c1-5-7(11)8(14-13-5)10(17)15-2-3-18-4-6(15)9(12)16/h6H,2-4,11H2,1H3,(H2,12,16)(H,13,14). The lowest BCUT2D eigenvalue weighted by Gasteiger charge is -2.33. The Morgan fingerprint density at radius 1 is 1.56 bits per heavy atom. The Morgan fingerprint density at radius 3 is 2.83 bits per heavy atom. The maximum atomic E-state index is 12.2. The molecule has 0 saturated carbocycles. The molecule has 98 valence electrons. The molecular formula is C10H15N5O3. The van der Waals surface area contributed by atoms with Gasteiger partial charge in [0, 0.05) is 6.54 Å². The van der Waals surface area contributed by atoms with E-state index in [1.165, 1.54) is 4.90 Å². The minimum atomic E-state index is -0.775. The fourth-order valence-electron chi connectivity index (χ4n) is 1.82. The number of carbonyl (C=O) groups is 2. The molecule has 0 radical (unpaired) electrons. The second-order valence-electron chi connectivity index (χ2n) is 4.10. The van der Waals surface area contributed by atoms with Crippen molar-refractivity contribution in [2.24, 2.45) is 5.73 Å². The van der Waals surface area contributed by atoms with Crippen LogP contribution in [0.2, 0.25) is 0 Å². The highest BCUT2D eigenvalue weighted by atomic mass is 16.5. The summed E-state index contributed by atoms with van der Waals surface area (Å²) in [5.41, 5.74) is 12.0. The quantitative estimate of drug-likeness (QED) is 0.599. The van der Waals surface area contributed by atoms with E-state index in [0.29, 0.717) is 12.3 Å². The summed E-state index contributed by atoms with van der Waals surface area (Å²) >= 11 is 0. The Hall–Kier alpha value is -2.09. The molecule has 2 amide bonds. The van der Waals surface area contributed by atoms with Gasteiger partial charge in [-0.25, -0.2) is 0 Å². The second kappa shape index (κ2) is 4.65. The van der Waals surface area contributed by atoms with Gasteiger partial charge in [0.1, 0.15) is 6.04 Å². The normalized spacial score (nSPS) is 19.8. The summed E-state index contributed by atoms with van der Waals surface area (Å²) in [5.74, 6) is -1.02. The molecule has 1 atom stereocenters. The zero-order chi connectivity index (χ0) is 13.3. The molecule has 8 heteroatoms. The van der Waals surface area contributed by atoms with Crippen molar-refractivity contribution in [1.82, 2.24) is 15.1 Å². The third-order valence-electron chi connectivity index (χ3n) is 2.91. The smallest absolute Gasteiger partial charge is 0.277 e. The Balaban J connectivity index is 2.26. The van der Waals surface area contributed by atoms with Crippen LogP contribution in [0.15, 0.2) is 0 Å². The third kappa shape index (κ3) is 2.02. The van der Waals surface area contributed by atoms with Crippen molar-refractivity contribution in [2.75, 3.05) is 25.5 Å². The van der Waals surface area contributed by atoms with Crippen LogP contribution in [0.3, 0.4) is 0 Å². The van der Waals surface area contributed by atoms with Crippen LogP contribution < -0.4 is 11.5 Å². The van der Waals surface area contributed by atoms with Crippen molar-refractivity contribution in [3.63, 3.8) is 0 Å². The number of aromatic amines is 1. The maximum Gasteiger partial charge on any atom is 0.277 e. The van der Waals surface area contributed by atoms with Crippen LogP contribution in [-0.2, 0) is 9.53 Å². The summed E-state index contributed by atoms with van der Waals surface area (Å²) in [5, 5.41) is 6.48. The molecule has 0 aliphatic carbocycles. The number of nitrogens with two attached hydrogens (primary N) is 2. The number of nitrogens with zero attached hydrogens (tertiary/aromatic N) is 2. The van der Waals surface area contributed by atoms with Crippen LogP contribution in [0.25, 0.3) is 0 Å². The highest BCUT2D eigenvalue weighted by molar-refractivity contribution is 6.00. The SMILES string of the molecule is Cc1[nH]nc(C(=O)N2CCOCC2C(N)=O)c1N. The Morgan fingerprint density at radius 2 is 2.28 bits per heavy atom. The van der Waals surface area contributed by atoms with E-state index in [1.807, 2.05) is 0 Å². The number of anilines is 1. The fourth-order valence-corrected chi connectivity index (χ4v) is 1.82. The molecule has 1 fully saturated rings.